The summed E-state index contributed by atoms with van der Waals surface area (Å²) in [6.07, 6.45) is 13.0. The molecule has 0 saturated heterocycles. The Morgan fingerprint density at radius 2 is 1.48 bits per heavy atom. The zero-order chi connectivity index (χ0) is 16.0. The van der Waals surface area contributed by atoms with E-state index in [0.717, 1.165) is 38.5 Å². The Labute approximate surface area is 132 Å². The van der Waals surface area contributed by atoms with Crippen LogP contribution in [0.5, 0.6) is 0 Å². The number of hydrogen-bond acceptors (Lipinski definition) is 2. The third-order valence-electron chi connectivity index (χ3n) is 4.07. The Morgan fingerprint density at radius 3 is 2.05 bits per heavy atom. The Bertz CT molecular complexity index is 269. The molecule has 0 aliphatic carbocycles. The molecule has 2 unspecified atom stereocenters. The molecule has 0 heterocycles. The molecule has 2 atom stereocenters. The number of unbranched alkanes of at least 4 members (excludes halogenated alkanes) is 7. The van der Waals surface area contributed by atoms with Crippen molar-refractivity contribution in [2.45, 2.75) is 91.4 Å². The summed E-state index contributed by atoms with van der Waals surface area (Å²) in [7, 11) is -3.37. The van der Waals surface area contributed by atoms with Crippen LogP contribution in [-0.2, 0) is 9.09 Å². The van der Waals surface area contributed by atoms with Gasteiger partial charge in [0.15, 0.2) is 0 Å². The van der Waals surface area contributed by atoms with Crippen molar-refractivity contribution in [3.63, 3.8) is 0 Å². The van der Waals surface area contributed by atoms with Crippen molar-refractivity contribution in [2.75, 3.05) is 12.8 Å². The van der Waals surface area contributed by atoms with E-state index in [1.807, 2.05) is 0 Å². The molecule has 0 aromatic rings. The fraction of sp³-hybridized carbons (Fsp3) is 1.00. The van der Waals surface area contributed by atoms with Crippen LogP contribution < -0.4 is 0 Å². The van der Waals surface area contributed by atoms with E-state index in [1.54, 1.807) is 0 Å². The summed E-state index contributed by atoms with van der Waals surface area (Å²) in [5, 5.41) is 0. The summed E-state index contributed by atoms with van der Waals surface area (Å²) >= 11 is 0. The van der Waals surface area contributed by atoms with Crippen LogP contribution in [0.25, 0.3) is 0 Å². The molecule has 0 aromatic heterocycles. The van der Waals surface area contributed by atoms with Crippen LogP contribution >= 0.6 is 7.60 Å². The van der Waals surface area contributed by atoms with E-state index in [0.29, 0.717) is 18.7 Å². The highest BCUT2D eigenvalue weighted by molar-refractivity contribution is 7.52. The van der Waals surface area contributed by atoms with Crippen molar-refractivity contribution < 1.29 is 14.0 Å². The zero-order valence-electron chi connectivity index (χ0n) is 14.5. The van der Waals surface area contributed by atoms with Crippen LogP contribution in [0.1, 0.15) is 91.4 Å². The summed E-state index contributed by atoms with van der Waals surface area (Å²) in [5.41, 5.74) is 0. The van der Waals surface area contributed by atoms with E-state index >= 15 is 0 Å². The minimum absolute atomic E-state index is 0.329. The van der Waals surface area contributed by atoms with Crippen molar-refractivity contribution in [1.82, 2.24) is 0 Å². The molecule has 0 saturated carbocycles. The van der Waals surface area contributed by atoms with Crippen molar-refractivity contribution in [3.8, 4) is 0 Å². The third kappa shape index (κ3) is 13.5. The predicted molar refractivity (Wildman–Crippen MR) is 91.9 cm³/mol. The molecule has 0 bridgehead atoms. The average molecular weight is 320 g/mol. The van der Waals surface area contributed by atoms with Crippen LogP contribution in [0.2, 0.25) is 0 Å². The second-order valence-corrected chi connectivity index (χ2v) is 8.09. The molecule has 0 radical (unpaired) electrons. The molecular formula is C17H37O3P. The van der Waals surface area contributed by atoms with Gasteiger partial charge in [-0.05, 0) is 18.8 Å². The molecule has 3 nitrogen and oxygen atoms in total. The molecule has 0 rings (SSSR count). The van der Waals surface area contributed by atoms with E-state index in [2.05, 4.69) is 20.8 Å². The van der Waals surface area contributed by atoms with Gasteiger partial charge in [-0.15, -0.1) is 0 Å². The topological polar surface area (TPSA) is 46.5 Å². The van der Waals surface area contributed by atoms with E-state index in [9.17, 15) is 9.46 Å². The zero-order valence-corrected chi connectivity index (χ0v) is 15.4. The molecule has 1 N–H and O–H groups in total. The maximum atomic E-state index is 12.1. The van der Waals surface area contributed by atoms with Gasteiger partial charge in [0, 0.05) is 0 Å². The van der Waals surface area contributed by atoms with Gasteiger partial charge in [-0.1, -0.05) is 78.6 Å². The second-order valence-electron chi connectivity index (χ2n) is 6.19. The van der Waals surface area contributed by atoms with Gasteiger partial charge in [0.2, 0.25) is 0 Å². The first-order valence-corrected chi connectivity index (χ1v) is 10.8. The molecule has 0 aliphatic heterocycles. The highest BCUT2D eigenvalue weighted by atomic mass is 31.2. The SMILES string of the molecule is CCCCCCCCCOP(=O)(O)CC(CC)CCCC. The molecule has 0 spiro atoms. The van der Waals surface area contributed by atoms with Crippen LogP contribution in [0.15, 0.2) is 0 Å². The van der Waals surface area contributed by atoms with Gasteiger partial charge in [-0.2, -0.15) is 0 Å². The number of hydrogen-bond donors (Lipinski definition) is 1. The first kappa shape index (κ1) is 21.1. The smallest absolute Gasteiger partial charge is 0.324 e. The van der Waals surface area contributed by atoms with Gasteiger partial charge >= 0.3 is 7.60 Å². The van der Waals surface area contributed by atoms with Crippen molar-refractivity contribution >= 4 is 7.60 Å². The Hall–Kier alpha value is 0.150. The van der Waals surface area contributed by atoms with Crippen LogP contribution in [0.3, 0.4) is 0 Å². The summed E-state index contributed by atoms with van der Waals surface area (Å²) in [6.45, 7) is 6.90. The van der Waals surface area contributed by atoms with Crippen LogP contribution in [-0.4, -0.2) is 17.7 Å². The van der Waals surface area contributed by atoms with Crippen LogP contribution in [0.4, 0.5) is 0 Å². The molecule has 0 fully saturated rings. The van der Waals surface area contributed by atoms with Gasteiger partial charge in [0.25, 0.3) is 0 Å². The van der Waals surface area contributed by atoms with Crippen molar-refractivity contribution in [2.24, 2.45) is 5.92 Å². The lowest BCUT2D eigenvalue weighted by molar-refractivity contribution is 0.246. The maximum absolute atomic E-state index is 12.1. The lowest BCUT2D eigenvalue weighted by Crippen LogP contribution is -2.08. The molecule has 128 valence electrons. The Kier molecular flexibility index (Phi) is 13.9. The first-order valence-electron chi connectivity index (χ1n) is 9.02. The standard InChI is InChI=1S/C17H37O3P/c1-4-7-9-10-11-12-13-15-20-21(18,19)16-17(6-3)14-8-5-2/h17H,4-16H2,1-3H3,(H,18,19). The predicted octanol–water partition coefficient (Wildman–Crippen LogP) is 6.16. The normalized spacial score (nSPS) is 15.8. The largest absolute Gasteiger partial charge is 0.328 e. The lowest BCUT2D eigenvalue weighted by Gasteiger charge is -2.18. The number of rotatable bonds is 15. The average Bonchev–Trinajstić information content (AvgIpc) is 2.46. The molecule has 0 aliphatic rings. The summed E-state index contributed by atoms with van der Waals surface area (Å²) in [4.78, 5) is 9.92. The molecule has 4 heteroatoms. The quantitative estimate of drug-likeness (QED) is 0.290. The maximum Gasteiger partial charge on any atom is 0.328 e. The third-order valence-corrected chi connectivity index (χ3v) is 5.64. The van der Waals surface area contributed by atoms with Gasteiger partial charge in [-0.3, -0.25) is 4.57 Å². The van der Waals surface area contributed by atoms with Gasteiger partial charge in [0.1, 0.15) is 0 Å². The molecule has 0 amide bonds. The summed E-state index contributed by atoms with van der Waals surface area (Å²) < 4.78 is 17.3. The van der Waals surface area contributed by atoms with Crippen molar-refractivity contribution in [1.29, 1.82) is 0 Å². The Morgan fingerprint density at radius 1 is 0.905 bits per heavy atom. The fourth-order valence-corrected chi connectivity index (χ4v) is 4.18. The highest BCUT2D eigenvalue weighted by Gasteiger charge is 2.23. The van der Waals surface area contributed by atoms with Gasteiger partial charge in [0.05, 0.1) is 12.8 Å². The van der Waals surface area contributed by atoms with Crippen molar-refractivity contribution in [3.05, 3.63) is 0 Å². The molecule has 0 aromatic carbocycles. The second kappa shape index (κ2) is 13.8. The van der Waals surface area contributed by atoms with E-state index in [-0.39, 0.29) is 0 Å². The fourth-order valence-electron chi connectivity index (χ4n) is 2.56. The monoisotopic (exact) mass is 320 g/mol. The van der Waals surface area contributed by atoms with E-state index < -0.39 is 7.60 Å². The lowest BCUT2D eigenvalue weighted by atomic mass is 10.0. The molecular weight excluding hydrogens is 283 g/mol. The summed E-state index contributed by atoms with van der Waals surface area (Å²) in [6, 6.07) is 0. The molecule has 21 heavy (non-hydrogen) atoms. The van der Waals surface area contributed by atoms with E-state index in [1.165, 1.54) is 32.1 Å². The van der Waals surface area contributed by atoms with E-state index in [4.69, 9.17) is 4.52 Å². The first-order chi connectivity index (χ1) is 10.1. The highest BCUT2D eigenvalue weighted by Crippen LogP contribution is 2.45. The van der Waals surface area contributed by atoms with Crippen LogP contribution in [0, 0.1) is 5.92 Å². The minimum Gasteiger partial charge on any atom is -0.324 e. The van der Waals surface area contributed by atoms with Gasteiger partial charge < -0.3 is 9.42 Å². The van der Waals surface area contributed by atoms with Gasteiger partial charge in [-0.25, -0.2) is 0 Å². The summed E-state index contributed by atoms with van der Waals surface area (Å²) in [5.74, 6) is 0.329. The minimum atomic E-state index is -3.37. The Balaban J connectivity index is 3.68.